The molecule has 0 unspecified atom stereocenters. The highest BCUT2D eigenvalue weighted by Crippen LogP contribution is 2.22. The van der Waals surface area contributed by atoms with Crippen LogP contribution in [0.2, 0.25) is 5.02 Å². The molecule has 7 heteroatoms. The van der Waals surface area contributed by atoms with E-state index in [0.29, 0.717) is 17.3 Å². The molecule has 21 heavy (non-hydrogen) atoms. The van der Waals surface area contributed by atoms with Crippen molar-refractivity contribution < 1.29 is 9.18 Å². The third-order valence-corrected chi connectivity index (χ3v) is 3.21. The van der Waals surface area contributed by atoms with Gasteiger partial charge in [0.25, 0.3) is 0 Å². The molecule has 1 heterocycles. The summed E-state index contributed by atoms with van der Waals surface area (Å²) in [5.41, 5.74) is 1.51. The number of amides is 1. The fourth-order valence-corrected chi connectivity index (χ4v) is 1.82. The van der Waals surface area contributed by atoms with Gasteiger partial charge in [-0.3, -0.25) is 4.79 Å². The van der Waals surface area contributed by atoms with Crippen molar-refractivity contribution >= 4 is 29.1 Å². The molecule has 0 atom stereocenters. The van der Waals surface area contributed by atoms with Crippen molar-refractivity contribution in [1.82, 2.24) is 9.97 Å². The van der Waals surface area contributed by atoms with Crippen LogP contribution in [0.15, 0.2) is 30.6 Å². The Kier molecular flexibility index (Phi) is 5.05. The van der Waals surface area contributed by atoms with Crippen LogP contribution in [0.4, 0.5) is 16.0 Å². The monoisotopic (exact) mass is 308 g/mol. The minimum Gasteiger partial charge on any atom is -0.354 e. The van der Waals surface area contributed by atoms with Crippen LogP contribution >= 0.6 is 11.6 Å². The van der Waals surface area contributed by atoms with Crippen molar-refractivity contribution in [1.29, 1.82) is 0 Å². The molecule has 0 bridgehead atoms. The third kappa shape index (κ3) is 4.39. The molecule has 0 spiro atoms. The van der Waals surface area contributed by atoms with Gasteiger partial charge in [0.1, 0.15) is 0 Å². The van der Waals surface area contributed by atoms with Gasteiger partial charge in [-0.1, -0.05) is 17.7 Å². The van der Waals surface area contributed by atoms with Crippen LogP contribution in [0.3, 0.4) is 0 Å². The molecule has 0 aliphatic heterocycles. The Morgan fingerprint density at radius 3 is 2.76 bits per heavy atom. The van der Waals surface area contributed by atoms with Gasteiger partial charge in [-0.2, -0.15) is 0 Å². The Bertz CT molecular complexity index is 633. The standard InChI is InChI=1S/C14H14ClFN4O/c1-9-11(15)3-2-4-12(9)20-13(21)5-6-17-14-18-7-10(16)8-19-14/h2-4,7-8H,5-6H2,1H3,(H,20,21)(H,17,18,19). The lowest BCUT2D eigenvalue weighted by molar-refractivity contribution is -0.115. The zero-order chi connectivity index (χ0) is 15.2. The van der Waals surface area contributed by atoms with E-state index in [9.17, 15) is 9.18 Å². The number of nitrogens with zero attached hydrogens (tertiary/aromatic N) is 2. The molecule has 2 N–H and O–H groups in total. The number of aromatic nitrogens is 2. The number of hydrogen-bond donors (Lipinski definition) is 2. The highest BCUT2D eigenvalue weighted by atomic mass is 35.5. The van der Waals surface area contributed by atoms with E-state index in [1.807, 2.05) is 6.92 Å². The fraction of sp³-hybridized carbons (Fsp3) is 0.214. The van der Waals surface area contributed by atoms with Crippen LogP contribution in [0.5, 0.6) is 0 Å². The number of halogens is 2. The topological polar surface area (TPSA) is 66.9 Å². The summed E-state index contributed by atoms with van der Waals surface area (Å²) in [5, 5.41) is 6.22. The van der Waals surface area contributed by atoms with Gasteiger partial charge in [0.2, 0.25) is 11.9 Å². The SMILES string of the molecule is Cc1c(Cl)cccc1NC(=O)CCNc1ncc(F)cn1. The largest absolute Gasteiger partial charge is 0.354 e. The molecule has 2 aromatic rings. The molecule has 0 radical (unpaired) electrons. The summed E-state index contributed by atoms with van der Waals surface area (Å²) in [5.74, 6) is -0.382. The van der Waals surface area contributed by atoms with Crippen molar-refractivity contribution in [3.8, 4) is 0 Å². The molecule has 1 amide bonds. The molecule has 2 rings (SSSR count). The summed E-state index contributed by atoms with van der Waals surface area (Å²) in [4.78, 5) is 19.3. The van der Waals surface area contributed by atoms with Crippen LogP contribution in [-0.2, 0) is 4.79 Å². The molecule has 0 aliphatic rings. The molecular formula is C14H14ClFN4O. The molecule has 110 valence electrons. The Morgan fingerprint density at radius 2 is 2.05 bits per heavy atom. The van der Waals surface area contributed by atoms with E-state index in [2.05, 4.69) is 20.6 Å². The number of nitrogens with one attached hydrogen (secondary N) is 2. The van der Waals surface area contributed by atoms with Crippen molar-refractivity contribution in [3.63, 3.8) is 0 Å². The first-order valence-electron chi connectivity index (χ1n) is 6.32. The van der Waals surface area contributed by atoms with E-state index >= 15 is 0 Å². The molecule has 1 aromatic carbocycles. The molecule has 0 saturated carbocycles. The minimum absolute atomic E-state index is 0.157. The van der Waals surface area contributed by atoms with Crippen molar-refractivity contribution in [2.45, 2.75) is 13.3 Å². The van der Waals surface area contributed by atoms with Gasteiger partial charge >= 0.3 is 0 Å². The summed E-state index contributed by atoms with van der Waals surface area (Å²) >= 11 is 5.98. The maximum atomic E-state index is 12.6. The first kappa shape index (κ1) is 15.2. The molecule has 5 nitrogen and oxygen atoms in total. The first-order valence-corrected chi connectivity index (χ1v) is 6.70. The molecule has 0 fully saturated rings. The maximum absolute atomic E-state index is 12.6. The van der Waals surface area contributed by atoms with Crippen molar-refractivity contribution in [2.75, 3.05) is 17.2 Å². The lowest BCUT2D eigenvalue weighted by atomic mass is 10.2. The lowest BCUT2D eigenvalue weighted by Gasteiger charge is -2.09. The van der Waals surface area contributed by atoms with Gasteiger partial charge in [-0.15, -0.1) is 0 Å². The average molecular weight is 309 g/mol. The van der Waals surface area contributed by atoms with Gasteiger partial charge in [0.05, 0.1) is 12.4 Å². The number of carbonyl (C=O) groups excluding carboxylic acids is 1. The van der Waals surface area contributed by atoms with Gasteiger partial charge in [-0.05, 0) is 24.6 Å². The van der Waals surface area contributed by atoms with Crippen LogP contribution in [-0.4, -0.2) is 22.4 Å². The number of carbonyl (C=O) groups is 1. The Labute approximate surface area is 126 Å². The second-order valence-corrected chi connectivity index (χ2v) is 4.77. The van der Waals surface area contributed by atoms with E-state index < -0.39 is 5.82 Å². The van der Waals surface area contributed by atoms with E-state index in [0.717, 1.165) is 18.0 Å². The zero-order valence-electron chi connectivity index (χ0n) is 11.4. The summed E-state index contributed by atoms with van der Waals surface area (Å²) in [6.07, 6.45) is 2.35. The fourth-order valence-electron chi connectivity index (χ4n) is 1.65. The molecule has 1 aromatic heterocycles. The van der Waals surface area contributed by atoms with Gasteiger partial charge in [0, 0.05) is 23.7 Å². The van der Waals surface area contributed by atoms with E-state index in [1.165, 1.54) is 0 Å². The Morgan fingerprint density at radius 1 is 1.33 bits per heavy atom. The van der Waals surface area contributed by atoms with Crippen LogP contribution in [0, 0.1) is 12.7 Å². The molecular weight excluding hydrogens is 295 g/mol. The zero-order valence-corrected chi connectivity index (χ0v) is 12.1. The third-order valence-electron chi connectivity index (χ3n) is 2.80. The smallest absolute Gasteiger partial charge is 0.226 e. The second kappa shape index (κ2) is 6.99. The first-order chi connectivity index (χ1) is 10.1. The van der Waals surface area contributed by atoms with Gasteiger partial charge in [0.15, 0.2) is 5.82 Å². The van der Waals surface area contributed by atoms with E-state index in [4.69, 9.17) is 11.6 Å². The summed E-state index contributed by atoms with van der Waals surface area (Å²) in [6.45, 7) is 2.18. The summed E-state index contributed by atoms with van der Waals surface area (Å²) in [6, 6.07) is 5.32. The van der Waals surface area contributed by atoms with Crippen molar-refractivity contribution in [3.05, 3.63) is 47.0 Å². The number of rotatable bonds is 5. The average Bonchev–Trinajstić information content (AvgIpc) is 2.46. The molecule has 0 aliphatic carbocycles. The highest BCUT2D eigenvalue weighted by molar-refractivity contribution is 6.31. The van der Waals surface area contributed by atoms with Crippen molar-refractivity contribution in [2.24, 2.45) is 0 Å². The number of benzene rings is 1. The van der Waals surface area contributed by atoms with Crippen LogP contribution in [0.1, 0.15) is 12.0 Å². The van der Waals surface area contributed by atoms with Gasteiger partial charge in [-0.25, -0.2) is 14.4 Å². The van der Waals surface area contributed by atoms with Crippen LogP contribution < -0.4 is 10.6 Å². The van der Waals surface area contributed by atoms with Crippen LogP contribution in [0.25, 0.3) is 0 Å². The maximum Gasteiger partial charge on any atom is 0.226 e. The Hall–Kier alpha value is -2.21. The minimum atomic E-state index is -0.505. The summed E-state index contributed by atoms with van der Waals surface area (Å²) < 4.78 is 12.6. The quantitative estimate of drug-likeness (QED) is 0.891. The van der Waals surface area contributed by atoms with E-state index in [1.54, 1.807) is 18.2 Å². The highest BCUT2D eigenvalue weighted by Gasteiger charge is 2.07. The second-order valence-electron chi connectivity index (χ2n) is 4.36. The van der Waals surface area contributed by atoms with E-state index in [-0.39, 0.29) is 18.3 Å². The number of anilines is 2. The number of hydrogen-bond acceptors (Lipinski definition) is 4. The summed E-state index contributed by atoms with van der Waals surface area (Å²) in [7, 11) is 0. The predicted molar refractivity (Wildman–Crippen MR) is 79.9 cm³/mol. The molecule has 0 saturated heterocycles. The normalized spacial score (nSPS) is 10.2. The predicted octanol–water partition coefficient (Wildman–Crippen LogP) is 3.02. The Balaban J connectivity index is 1.82. The lowest BCUT2D eigenvalue weighted by Crippen LogP contribution is -2.17. The van der Waals surface area contributed by atoms with Gasteiger partial charge < -0.3 is 10.6 Å².